The summed E-state index contributed by atoms with van der Waals surface area (Å²) >= 11 is 0. The molecule has 1 aliphatic rings. The number of nitrogens with zero attached hydrogens (tertiary/aromatic N) is 1. The Morgan fingerprint density at radius 1 is 1.53 bits per heavy atom. The number of furan rings is 1. The molecule has 0 spiro atoms. The molecule has 1 aromatic rings. The van der Waals surface area contributed by atoms with E-state index >= 15 is 0 Å². The lowest BCUT2D eigenvalue weighted by Crippen LogP contribution is -2.53. The molecule has 1 saturated heterocycles. The Balaban J connectivity index is 0.00000180. The molecule has 1 amide bonds. The Labute approximate surface area is 120 Å². The fourth-order valence-electron chi connectivity index (χ4n) is 2.68. The molecule has 0 aliphatic carbocycles. The summed E-state index contributed by atoms with van der Waals surface area (Å²) < 4.78 is 5.52. The van der Waals surface area contributed by atoms with Gasteiger partial charge >= 0.3 is 0 Å². The number of hydrogen-bond donors (Lipinski definition) is 1. The highest BCUT2D eigenvalue weighted by atomic mass is 35.5. The normalized spacial score (nSPS) is 22.1. The van der Waals surface area contributed by atoms with Crippen molar-refractivity contribution in [1.82, 2.24) is 10.2 Å². The van der Waals surface area contributed by atoms with Crippen LogP contribution >= 0.6 is 12.4 Å². The number of nitrogens with one attached hydrogen (secondary N) is 1. The molecule has 1 atom stereocenters. The minimum atomic E-state index is -0.351. The second-order valence-electron chi connectivity index (χ2n) is 5.14. The topological polar surface area (TPSA) is 45.5 Å². The fraction of sp³-hybridized carbons (Fsp3) is 0.643. The lowest BCUT2D eigenvalue weighted by molar-refractivity contribution is -0.137. The molecule has 0 aromatic carbocycles. The molecule has 5 heteroatoms. The van der Waals surface area contributed by atoms with Gasteiger partial charge in [0.1, 0.15) is 11.5 Å². The first-order valence-electron chi connectivity index (χ1n) is 6.63. The van der Waals surface area contributed by atoms with Crippen LogP contribution in [-0.2, 0) is 11.3 Å². The van der Waals surface area contributed by atoms with Crippen LogP contribution in [0.5, 0.6) is 0 Å². The maximum absolute atomic E-state index is 12.5. The second kappa shape index (κ2) is 6.44. The van der Waals surface area contributed by atoms with Gasteiger partial charge in [-0.2, -0.15) is 0 Å². The van der Waals surface area contributed by atoms with E-state index in [2.05, 4.69) is 12.2 Å². The van der Waals surface area contributed by atoms with Crippen LogP contribution in [0.2, 0.25) is 0 Å². The van der Waals surface area contributed by atoms with Gasteiger partial charge in [-0.25, -0.2) is 0 Å². The predicted molar refractivity (Wildman–Crippen MR) is 77.4 cm³/mol. The van der Waals surface area contributed by atoms with E-state index in [0.29, 0.717) is 6.54 Å². The van der Waals surface area contributed by atoms with Crippen molar-refractivity contribution in [2.45, 2.75) is 45.2 Å². The summed E-state index contributed by atoms with van der Waals surface area (Å²) in [5.74, 6) is 1.90. The number of amides is 1. The number of likely N-dealkylation sites (N-methyl/N-ethyl adjacent to an activating group) is 1. The van der Waals surface area contributed by atoms with Crippen molar-refractivity contribution < 1.29 is 9.21 Å². The second-order valence-corrected chi connectivity index (χ2v) is 5.14. The van der Waals surface area contributed by atoms with Crippen molar-refractivity contribution in [3.8, 4) is 0 Å². The van der Waals surface area contributed by atoms with Gasteiger partial charge in [0, 0.05) is 7.05 Å². The lowest BCUT2D eigenvalue weighted by Gasteiger charge is -2.31. The highest BCUT2D eigenvalue weighted by Crippen LogP contribution is 2.25. The monoisotopic (exact) mass is 286 g/mol. The van der Waals surface area contributed by atoms with E-state index < -0.39 is 0 Å². The molecule has 4 nitrogen and oxygen atoms in total. The summed E-state index contributed by atoms with van der Waals surface area (Å²) in [4.78, 5) is 14.3. The first-order chi connectivity index (χ1) is 8.57. The van der Waals surface area contributed by atoms with Crippen molar-refractivity contribution >= 4 is 18.3 Å². The molecular weight excluding hydrogens is 264 g/mol. The Morgan fingerprint density at radius 2 is 2.26 bits per heavy atom. The minimum Gasteiger partial charge on any atom is -0.464 e. The quantitative estimate of drug-likeness (QED) is 0.925. The average Bonchev–Trinajstić information content (AvgIpc) is 2.98. The van der Waals surface area contributed by atoms with Crippen molar-refractivity contribution in [2.75, 3.05) is 13.6 Å². The van der Waals surface area contributed by atoms with Gasteiger partial charge in [0.25, 0.3) is 0 Å². The summed E-state index contributed by atoms with van der Waals surface area (Å²) in [5, 5.41) is 3.37. The molecule has 0 radical (unpaired) electrons. The summed E-state index contributed by atoms with van der Waals surface area (Å²) in [6.07, 6.45) is 2.85. The Hall–Kier alpha value is -1.00. The number of carbonyl (C=O) groups is 1. The first-order valence-corrected chi connectivity index (χ1v) is 6.63. The van der Waals surface area contributed by atoms with E-state index in [0.717, 1.165) is 37.3 Å². The third-order valence-corrected chi connectivity index (χ3v) is 3.79. The van der Waals surface area contributed by atoms with Gasteiger partial charge in [-0.05, 0) is 44.9 Å². The van der Waals surface area contributed by atoms with Crippen LogP contribution in [0.4, 0.5) is 0 Å². The lowest BCUT2D eigenvalue weighted by atomic mass is 9.92. The standard InChI is InChI=1S/C14H22N2O2.ClH/c1-4-14(8-5-9-15-14)13(17)16(3)10-12-7-6-11(2)18-12;/h6-7,15H,4-5,8-10H2,1-3H3;1H. The summed E-state index contributed by atoms with van der Waals surface area (Å²) in [6.45, 7) is 5.46. The molecular formula is C14H23ClN2O2. The maximum Gasteiger partial charge on any atom is 0.243 e. The summed E-state index contributed by atoms with van der Waals surface area (Å²) in [7, 11) is 1.84. The maximum atomic E-state index is 12.5. The fourth-order valence-corrected chi connectivity index (χ4v) is 2.68. The van der Waals surface area contributed by atoms with Crippen molar-refractivity contribution in [3.05, 3.63) is 23.7 Å². The van der Waals surface area contributed by atoms with Crippen molar-refractivity contribution in [1.29, 1.82) is 0 Å². The highest BCUT2D eigenvalue weighted by molar-refractivity contribution is 5.86. The summed E-state index contributed by atoms with van der Waals surface area (Å²) in [6, 6.07) is 3.86. The zero-order valence-corrected chi connectivity index (χ0v) is 12.7. The SMILES string of the molecule is CCC1(C(=O)N(C)Cc2ccc(C)o2)CCCN1.Cl. The third kappa shape index (κ3) is 3.31. The van der Waals surface area contributed by atoms with E-state index in [4.69, 9.17) is 4.42 Å². The van der Waals surface area contributed by atoms with Gasteiger partial charge < -0.3 is 14.6 Å². The van der Waals surface area contributed by atoms with Gasteiger partial charge in [0.15, 0.2) is 0 Å². The third-order valence-electron chi connectivity index (χ3n) is 3.79. The molecule has 19 heavy (non-hydrogen) atoms. The first kappa shape index (κ1) is 16.1. The van der Waals surface area contributed by atoms with E-state index in [1.807, 2.05) is 26.1 Å². The molecule has 108 valence electrons. The van der Waals surface area contributed by atoms with Crippen LogP contribution in [-0.4, -0.2) is 29.9 Å². The Bertz CT molecular complexity index is 425. The largest absolute Gasteiger partial charge is 0.464 e. The van der Waals surface area contributed by atoms with Gasteiger partial charge in [-0.15, -0.1) is 12.4 Å². The van der Waals surface area contributed by atoms with Crippen molar-refractivity contribution in [3.63, 3.8) is 0 Å². The zero-order chi connectivity index (χ0) is 13.2. The van der Waals surface area contributed by atoms with E-state index in [-0.39, 0.29) is 23.9 Å². The van der Waals surface area contributed by atoms with Gasteiger partial charge in [0.2, 0.25) is 5.91 Å². The minimum absolute atomic E-state index is 0. The summed E-state index contributed by atoms with van der Waals surface area (Å²) in [5.41, 5.74) is -0.351. The molecule has 1 unspecified atom stereocenters. The molecule has 1 fully saturated rings. The van der Waals surface area contributed by atoms with Crippen LogP contribution in [0.25, 0.3) is 0 Å². The zero-order valence-electron chi connectivity index (χ0n) is 11.9. The van der Waals surface area contributed by atoms with Crippen LogP contribution in [0.3, 0.4) is 0 Å². The number of hydrogen-bond acceptors (Lipinski definition) is 3. The van der Waals surface area contributed by atoms with Gasteiger partial charge in [-0.1, -0.05) is 6.92 Å². The van der Waals surface area contributed by atoms with Gasteiger partial charge in [0.05, 0.1) is 12.1 Å². The number of carbonyl (C=O) groups excluding carboxylic acids is 1. The van der Waals surface area contributed by atoms with Crippen LogP contribution in [0, 0.1) is 6.92 Å². The molecule has 0 saturated carbocycles. The average molecular weight is 287 g/mol. The van der Waals surface area contributed by atoms with Crippen LogP contribution in [0.15, 0.2) is 16.5 Å². The Kier molecular flexibility index (Phi) is 5.44. The molecule has 2 heterocycles. The predicted octanol–water partition coefficient (Wildman–Crippen LogP) is 2.50. The molecule has 1 aliphatic heterocycles. The highest BCUT2D eigenvalue weighted by Gasteiger charge is 2.40. The smallest absolute Gasteiger partial charge is 0.243 e. The molecule has 1 aromatic heterocycles. The van der Waals surface area contributed by atoms with E-state index in [9.17, 15) is 4.79 Å². The van der Waals surface area contributed by atoms with Crippen LogP contribution < -0.4 is 5.32 Å². The molecule has 1 N–H and O–H groups in total. The van der Waals surface area contributed by atoms with Crippen molar-refractivity contribution in [2.24, 2.45) is 0 Å². The number of rotatable bonds is 4. The Morgan fingerprint density at radius 3 is 2.74 bits per heavy atom. The van der Waals surface area contributed by atoms with E-state index in [1.54, 1.807) is 4.90 Å². The molecule has 0 bridgehead atoms. The van der Waals surface area contributed by atoms with E-state index in [1.165, 1.54) is 0 Å². The number of aryl methyl sites for hydroxylation is 1. The van der Waals surface area contributed by atoms with Gasteiger partial charge in [-0.3, -0.25) is 4.79 Å². The number of halogens is 1. The molecule has 2 rings (SSSR count). The van der Waals surface area contributed by atoms with Crippen LogP contribution in [0.1, 0.15) is 37.7 Å².